The number of pyridine rings is 1. The highest BCUT2D eigenvalue weighted by Crippen LogP contribution is 2.34. The molecule has 2 aromatic rings. The predicted octanol–water partition coefficient (Wildman–Crippen LogP) is 5.07. The number of nitrogens with zero attached hydrogens (tertiary/aromatic N) is 2. The molecule has 0 unspecified atom stereocenters. The largest absolute Gasteiger partial charge is 0.454 e. The van der Waals surface area contributed by atoms with Crippen molar-refractivity contribution >= 4 is 23.2 Å². The summed E-state index contributed by atoms with van der Waals surface area (Å²) in [7, 11) is 0. The Morgan fingerprint density at radius 3 is 2.24 bits per heavy atom. The molecule has 0 saturated heterocycles. The number of ether oxygens (including phenoxy) is 1. The molecule has 0 amide bonds. The Morgan fingerprint density at radius 2 is 1.71 bits per heavy atom. The van der Waals surface area contributed by atoms with Gasteiger partial charge in [0.1, 0.15) is 11.8 Å². The molecule has 0 N–H and O–H groups in total. The maximum atomic E-state index is 12.6. The lowest BCUT2D eigenvalue weighted by Gasteiger charge is -2.11. The molecule has 21 heavy (non-hydrogen) atoms. The van der Waals surface area contributed by atoms with Gasteiger partial charge >= 0.3 is 6.18 Å². The lowest BCUT2D eigenvalue weighted by Crippen LogP contribution is -2.06. The summed E-state index contributed by atoms with van der Waals surface area (Å²) in [5.74, 6) is -0.226. The van der Waals surface area contributed by atoms with Crippen LogP contribution in [0, 0.1) is 11.3 Å². The van der Waals surface area contributed by atoms with E-state index in [0.29, 0.717) is 12.3 Å². The summed E-state index contributed by atoms with van der Waals surface area (Å²) in [6, 6.07) is 6.50. The number of benzene rings is 1. The molecule has 0 aliphatic heterocycles. The van der Waals surface area contributed by atoms with Crippen LogP contribution in [-0.4, -0.2) is 4.98 Å². The number of aromatic nitrogens is 1. The number of hydrogen-bond donors (Lipinski definition) is 0. The van der Waals surface area contributed by atoms with E-state index in [0.717, 1.165) is 0 Å². The first-order valence-electron chi connectivity index (χ1n) is 5.41. The average Bonchev–Trinajstić information content (AvgIpc) is 2.36. The van der Waals surface area contributed by atoms with Crippen molar-refractivity contribution in [3.05, 3.63) is 51.8 Å². The Labute approximate surface area is 127 Å². The third kappa shape index (κ3) is 3.78. The second-order valence-corrected chi connectivity index (χ2v) is 4.76. The van der Waals surface area contributed by atoms with E-state index in [1.807, 2.05) is 0 Å². The minimum absolute atomic E-state index is 0.102. The molecule has 1 aromatic heterocycles. The van der Waals surface area contributed by atoms with E-state index in [1.54, 1.807) is 6.07 Å². The van der Waals surface area contributed by atoms with Crippen LogP contribution in [0.1, 0.15) is 11.3 Å². The summed E-state index contributed by atoms with van der Waals surface area (Å²) >= 11 is 11.5. The maximum Gasteiger partial charge on any atom is 0.418 e. The van der Waals surface area contributed by atoms with Crippen LogP contribution in [0.15, 0.2) is 30.5 Å². The minimum atomic E-state index is -4.59. The van der Waals surface area contributed by atoms with Crippen molar-refractivity contribution in [3.63, 3.8) is 0 Å². The molecule has 0 spiro atoms. The molecule has 0 aliphatic rings. The van der Waals surface area contributed by atoms with Crippen LogP contribution in [0.4, 0.5) is 13.2 Å². The monoisotopic (exact) mass is 332 g/mol. The van der Waals surface area contributed by atoms with Crippen LogP contribution in [0.25, 0.3) is 0 Å². The highest BCUT2D eigenvalue weighted by Gasteiger charge is 2.32. The predicted molar refractivity (Wildman–Crippen MR) is 70.5 cm³/mol. The van der Waals surface area contributed by atoms with Gasteiger partial charge in [0, 0.05) is 16.2 Å². The normalized spacial score (nSPS) is 11.0. The van der Waals surface area contributed by atoms with Crippen molar-refractivity contribution in [1.29, 1.82) is 5.26 Å². The highest BCUT2D eigenvalue weighted by molar-refractivity contribution is 6.34. The fraction of sp³-hybridized carbons (Fsp3) is 0.0769. The van der Waals surface area contributed by atoms with Gasteiger partial charge in [-0.05, 0) is 24.3 Å². The molecule has 1 heterocycles. The van der Waals surface area contributed by atoms with Crippen LogP contribution < -0.4 is 4.74 Å². The van der Waals surface area contributed by atoms with Gasteiger partial charge in [-0.25, -0.2) is 4.98 Å². The molecule has 0 bridgehead atoms. The molecule has 0 fully saturated rings. The van der Waals surface area contributed by atoms with Crippen molar-refractivity contribution in [3.8, 4) is 17.6 Å². The Kier molecular flexibility index (Phi) is 4.26. The summed E-state index contributed by atoms with van der Waals surface area (Å²) in [6.45, 7) is 0. The van der Waals surface area contributed by atoms with Gasteiger partial charge < -0.3 is 4.74 Å². The first-order valence-corrected chi connectivity index (χ1v) is 6.16. The number of hydrogen-bond acceptors (Lipinski definition) is 3. The molecule has 0 radical (unpaired) electrons. The van der Waals surface area contributed by atoms with Gasteiger partial charge in [-0.1, -0.05) is 23.2 Å². The van der Waals surface area contributed by atoms with Gasteiger partial charge in [0.05, 0.1) is 5.56 Å². The van der Waals surface area contributed by atoms with Gasteiger partial charge in [0.2, 0.25) is 0 Å². The minimum Gasteiger partial charge on any atom is -0.454 e. The van der Waals surface area contributed by atoms with Crippen molar-refractivity contribution in [2.75, 3.05) is 0 Å². The summed E-state index contributed by atoms with van der Waals surface area (Å²) in [4.78, 5) is 3.43. The molecular formula is C13H5Cl2F3N2O. The number of alkyl halides is 3. The zero-order valence-corrected chi connectivity index (χ0v) is 11.6. The van der Waals surface area contributed by atoms with Gasteiger partial charge in [0.15, 0.2) is 11.4 Å². The van der Waals surface area contributed by atoms with Crippen molar-refractivity contribution < 1.29 is 17.9 Å². The van der Waals surface area contributed by atoms with E-state index >= 15 is 0 Å². The molecule has 0 saturated carbocycles. The molecule has 2 rings (SSSR count). The van der Waals surface area contributed by atoms with E-state index in [1.165, 1.54) is 18.2 Å². The Bertz CT molecular complexity index is 706. The smallest absolute Gasteiger partial charge is 0.418 e. The van der Waals surface area contributed by atoms with E-state index in [4.69, 9.17) is 33.2 Å². The number of halogens is 5. The third-order valence-electron chi connectivity index (χ3n) is 2.35. The molecule has 3 nitrogen and oxygen atoms in total. The Balaban J connectivity index is 2.45. The molecular weight excluding hydrogens is 328 g/mol. The molecule has 0 aliphatic carbocycles. The van der Waals surface area contributed by atoms with E-state index < -0.39 is 11.7 Å². The standard InChI is InChI=1S/C13H5Cl2F3N2O/c14-8-2-9(15)4-10(3-8)21-12-1-7(13(16,17)18)6-20-11(12)5-19/h1-4,6H. The quantitative estimate of drug-likeness (QED) is 0.771. The first kappa shape index (κ1) is 15.4. The molecule has 1 aromatic carbocycles. The zero-order chi connectivity index (χ0) is 15.6. The summed E-state index contributed by atoms with van der Waals surface area (Å²) in [5, 5.41) is 9.37. The van der Waals surface area contributed by atoms with Crippen molar-refractivity contribution in [1.82, 2.24) is 4.98 Å². The fourth-order valence-electron chi connectivity index (χ4n) is 1.48. The van der Waals surface area contributed by atoms with Crippen LogP contribution in [-0.2, 0) is 6.18 Å². The zero-order valence-electron chi connectivity index (χ0n) is 10.1. The average molecular weight is 333 g/mol. The van der Waals surface area contributed by atoms with E-state index in [2.05, 4.69) is 4.98 Å². The van der Waals surface area contributed by atoms with Crippen molar-refractivity contribution in [2.45, 2.75) is 6.18 Å². The first-order chi connectivity index (χ1) is 9.79. The van der Waals surface area contributed by atoms with Gasteiger partial charge in [-0.2, -0.15) is 18.4 Å². The van der Waals surface area contributed by atoms with Crippen LogP contribution >= 0.6 is 23.2 Å². The summed E-state index contributed by atoms with van der Waals surface area (Å²) in [5.41, 5.74) is -1.30. The fourth-order valence-corrected chi connectivity index (χ4v) is 1.98. The van der Waals surface area contributed by atoms with Crippen LogP contribution in [0.2, 0.25) is 10.0 Å². The van der Waals surface area contributed by atoms with Gasteiger partial charge in [-0.15, -0.1) is 0 Å². The van der Waals surface area contributed by atoms with E-state index in [-0.39, 0.29) is 27.2 Å². The molecule has 8 heteroatoms. The van der Waals surface area contributed by atoms with Crippen LogP contribution in [0.3, 0.4) is 0 Å². The topological polar surface area (TPSA) is 45.9 Å². The molecule has 0 atom stereocenters. The Hall–Kier alpha value is -1.97. The number of nitriles is 1. The van der Waals surface area contributed by atoms with E-state index in [9.17, 15) is 13.2 Å². The van der Waals surface area contributed by atoms with Crippen LogP contribution in [0.5, 0.6) is 11.5 Å². The van der Waals surface area contributed by atoms with Gasteiger partial charge in [0.25, 0.3) is 0 Å². The van der Waals surface area contributed by atoms with Crippen molar-refractivity contribution in [2.24, 2.45) is 0 Å². The second kappa shape index (κ2) is 5.80. The SMILES string of the molecule is N#Cc1ncc(C(F)(F)F)cc1Oc1cc(Cl)cc(Cl)c1. The summed E-state index contributed by atoms with van der Waals surface area (Å²) < 4.78 is 43.2. The second-order valence-electron chi connectivity index (χ2n) is 3.89. The lowest BCUT2D eigenvalue weighted by atomic mass is 10.2. The Morgan fingerprint density at radius 1 is 1.10 bits per heavy atom. The summed E-state index contributed by atoms with van der Waals surface area (Å²) in [6.07, 6.45) is -4.03. The van der Waals surface area contributed by atoms with Gasteiger partial charge in [-0.3, -0.25) is 0 Å². The maximum absolute atomic E-state index is 12.6. The molecule has 108 valence electrons. The lowest BCUT2D eigenvalue weighted by molar-refractivity contribution is -0.137. The number of rotatable bonds is 2. The highest BCUT2D eigenvalue weighted by atomic mass is 35.5. The third-order valence-corrected chi connectivity index (χ3v) is 2.79.